The molecule has 17 heavy (non-hydrogen) atoms. The van der Waals surface area contributed by atoms with Gasteiger partial charge in [-0.15, -0.1) is 0 Å². The van der Waals surface area contributed by atoms with Gasteiger partial charge in [0.2, 0.25) is 0 Å². The van der Waals surface area contributed by atoms with E-state index in [1.807, 2.05) is 0 Å². The molecule has 0 radical (unpaired) electrons. The van der Waals surface area contributed by atoms with Crippen LogP contribution in [0.3, 0.4) is 0 Å². The highest BCUT2D eigenvalue weighted by atomic mass is 14.5. The van der Waals surface area contributed by atoms with Gasteiger partial charge < -0.3 is 5.41 Å². The molecule has 3 rings (SSSR count). The molecule has 0 fully saturated rings. The summed E-state index contributed by atoms with van der Waals surface area (Å²) in [5.41, 5.74) is 3.44. The minimum Gasteiger partial charge on any atom is -0.305 e. The van der Waals surface area contributed by atoms with Gasteiger partial charge in [-0.05, 0) is 36.3 Å². The normalized spacial score (nSPS) is 30.9. The third kappa shape index (κ3) is 1.97. The molecule has 86 valence electrons. The van der Waals surface area contributed by atoms with Crippen molar-refractivity contribution in [2.24, 2.45) is 11.8 Å². The van der Waals surface area contributed by atoms with Gasteiger partial charge in [0.1, 0.15) is 0 Å². The smallest absolute Gasteiger partial charge is 0.0358 e. The molecule has 0 amide bonds. The van der Waals surface area contributed by atoms with Crippen LogP contribution < -0.4 is 0 Å². The minimum absolute atomic E-state index is 0.417. The van der Waals surface area contributed by atoms with Crippen LogP contribution in [0.4, 0.5) is 0 Å². The third-order valence-corrected chi connectivity index (χ3v) is 3.84. The molecule has 2 unspecified atom stereocenters. The van der Waals surface area contributed by atoms with Crippen molar-refractivity contribution in [3.63, 3.8) is 0 Å². The predicted octanol–water partition coefficient (Wildman–Crippen LogP) is 3.97. The number of hydrogen-bond donors (Lipinski definition) is 1. The molecule has 0 spiro atoms. The van der Waals surface area contributed by atoms with Crippen LogP contribution in [-0.4, -0.2) is 5.71 Å². The SMILES string of the molecule is N=C1CC2CC=CC=C2C=CC2CC=CC=C12. The van der Waals surface area contributed by atoms with E-state index in [-0.39, 0.29) is 0 Å². The first kappa shape index (κ1) is 10.5. The molecule has 3 aliphatic carbocycles. The van der Waals surface area contributed by atoms with Crippen molar-refractivity contribution in [3.05, 3.63) is 59.8 Å². The van der Waals surface area contributed by atoms with E-state index in [1.165, 1.54) is 11.1 Å². The van der Waals surface area contributed by atoms with Gasteiger partial charge in [-0.3, -0.25) is 0 Å². The van der Waals surface area contributed by atoms with E-state index in [0.717, 1.165) is 25.0 Å². The van der Waals surface area contributed by atoms with Crippen molar-refractivity contribution >= 4 is 5.71 Å². The molecule has 0 aromatic rings. The third-order valence-electron chi connectivity index (χ3n) is 3.84. The van der Waals surface area contributed by atoms with Gasteiger partial charge in [0.05, 0.1) is 0 Å². The number of nitrogens with one attached hydrogen (secondary N) is 1. The van der Waals surface area contributed by atoms with Gasteiger partial charge in [0, 0.05) is 11.6 Å². The fraction of sp³-hybridized carbons (Fsp3) is 0.312. The molecule has 0 heterocycles. The second-order valence-electron chi connectivity index (χ2n) is 4.96. The molecule has 0 aliphatic heterocycles. The van der Waals surface area contributed by atoms with Crippen LogP contribution in [-0.2, 0) is 0 Å². The fourth-order valence-corrected chi connectivity index (χ4v) is 2.83. The lowest BCUT2D eigenvalue weighted by molar-refractivity contribution is 0.642. The summed E-state index contributed by atoms with van der Waals surface area (Å²) in [5.74, 6) is 0.928. The van der Waals surface area contributed by atoms with E-state index >= 15 is 0 Å². The Bertz CT molecular complexity index is 486. The maximum atomic E-state index is 8.29. The molecule has 2 atom stereocenters. The standard InChI is InChI=1S/C16H17N/c17-16-11-14-7-2-1-5-12(14)9-10-13-6-3-4-8-15(13)16/h1-5,8-10,13-14,17H,6-7,11H2. The van der Waals surface area contributed by atoms with Crippen LogP contribution in [0.15, 0.2) is 59.8 Å². The van der Waals surface area contributed by atoms with Crippen molar-refractivity contribution in [3.8, 4) is 0 Å². The first-order chi connectivity index (χ1) is 8.34. The summed E-state index contributed by atoms with van der Waals surface area (Å²) in [7, 11) is 0. The van der Waals surface area contributed by atoms with E-state index in [2.05, 4.69) is 48.6 Å². The summed E-state index contributed by atoms with van der Waals surface area (Å²) in [4.78, 5) is 0. The molecule has 0 saturated heterocycles. The molecule has 3 aliphatic rings. The van der Waals surface area contributed by atoms with E-state index in [0.29, 0.717) is 11.8 Å². The summed E-state index contributed by atoms with van der Waals surface area (Å²) in [6.45, 7) is 0. The summed E-state index contributed by atoms with van der Waals surface area (Å²) in [5, 5.41) is 8.29. The van der Waals surface area contributed by atoms with E-state index in [4.69, 9.17) is 5.41 Å². The Balaban J connectivity index is 1.98. The Morgan fingerprint density at radius 1 is 1.06 bits per heavy atom. The second kappa shape index (κ2) is 4.33. The Morgan fingerprint density at radius 3 is 2.82 bits per heavy atom. The number of fused-ring (bicyclic) bond motifs is 2. The van der Waals surface area contributed by atoms with Crippen molar-refractivity contribution < 1.29 is 0 Å². The molecule has 0 bridgehead atoms. The van der Waals surface area contributed by atoms with Gasteiger partial charge in [0.15, 0.2) is 0 Å². The Labute approximate surface area is 102 Å². The van der Waals surface area contributed by atoms with Crippen LogP contribution >= 0.6 is 0 Å². The summed E-state index contributed by atoms with van der Waals surface area (Å²) < 4.78 is 0. The molecule has 0 saturated carbocycles. The van der Waals surface area contributed by atoms with Crippen LogP contribution in [0.25, 0.3) is 0 Å². The van der Waals surface area contributed by atoms with E-state index in [1.54, 1.807) is 0 Å². The lowest BCUT2D eigenvalue weighted by Gasteiger charge is -2.27. The second-order valence-corrected chi connectivity index (χ2v) is 4.96. The quantitative estimate of drug-likeness (QED) is 0.642. The minimum atomic E-state index is 0.417. The average molecular weight is 223 g/mol. The first-order valence-corrected chi connectivity index (χ1v) is 6.34. The number of rotatable bonds is 0. The fourth-order valence-electron chi connectivity index (χ4n) is 2.83. The first-order valence-electron chi connectivity index (χ1n) is 6.34. The molecular weight excluding hydrogens is 206 g/mol. The Kier molecular flexibility index (Phi) is 2.68. The molecule has 1 nitrogen and oxygen atoms in total. The van der Waals surface area contributed by atoms with Crippen LogP contribution in [0, 0.1) is 17.2 Å². The molecule has 1 heteroatoms. The molecule has 1 N–H and O–H groups in total. The number of hydrogen-bond acceptors (Lipinski definition) is 1. The van der Waals surface area contributed by atoms with Gasteiger partial charge in [-0.25, -0.2) is 0 Å². The summed E-state index contributed by atoms with van der Waals surface area (Å²) in [6.07, 6.45) is 20.5. The summed E-state index contributed by atoms with van der Waals surface area (Å²) >= 11 is 0. The van der Waals surface area contributed by atoms with Gasteiger partial charge in [0.25, 0.3) is 0 Å². The monoisotopic (exact) mass is 223 g/mol. The topological polar surface area (TPSA) is 23.9 Å². The Hall–Kier alpha value is -1.63. The maximum Gasteiger partial charge on any atom is 0.0358 e. The summed E-state index contributed by atoms with van der Waals surface area (Å²) in [6, 6.07) is 0. The Morgan fingerprint density at radius 2 is 1.88 bits per heavy atom. The highest BCUT2D eigenvalue weighted by Crippen LogP contribution is 2.33. The van der Waals surface area contributed by atoms with Crippen LogP contribution in [0.2, 0.25) is 0 Å². The van der Waals surface area contributed by atoms with Gasteiger partial charge in [-0.1, -0.05) is 48.6 Å². The molecular formula is C16H17N. The van der Waals surface area contributed by atoms with Crippen molar-refractivity contribution in [2.45, 2.75) is 19.3 Å². The predicted molar refractivity (Wildman–Crippen MR) is 72.1 cm³/mol. The highest BCUT2D eigenvalue weighted by molar-refractivity contribution is 5.99. The zero-order chi connectivity index (χ0) is 11.7. The average Bonchev–Trinajstić information content (AvgIpc) is 2.36. The van der Waals surface area contributed by atoms with Crippen molar-refractivity contribution in [1.82, 2.24) is 0 Å². The van der Waals surface area contributed by atoms with Crippen LogP contribution in [0.1, 0.15) is 19.3 Å². The van der Waals surface area contributed by atoms with E-state index in [9.17, 15) is 0 Å². The van der Waals surface area contributed by atoms with Gasteiger partial charge in [-0.2, -0.15) is 0 Å². The molecule has 0 aromatic heterocycles. The lowest BCUT2D eigenvalue weighted by atomic mass is 9.78. The van der Waals surface area contributed by atoms with E-state index < -0.39 is 0 Å². The number of allylic oxidation sites excluding steroid dienone is 10. The highest BCUT2D eigenvalue weighted by Gasteiger charge is 2.24. The van der Waals surface area contributed by atoms with Gasteiger partial charge >= 0.3 is 0 Å². The van der Waals surface area contributed by atoms with Crippen molar-refractivity contribution in [1.29, 1.82) is 5.41 Å². The lowest BCUT2D eigenvalue weighted by Crippen LogP contribution is -2.19. The van der Waals surface area contributed by atoms with Crippen LogP contribution in [0.5, 0.6) is 0 Å². The largest absolute Gasteiger partial charge is 0.305 e. The molecule has 0 aromatic carbocycles. The zero-order valence-electron chi connectivity index (χ0n) is 9.89. The maximum absolute atomic E-state index is 8.29. The zero-order valence-corrected chi connectivity index (χ0v) is 9.89. The van der Waals surface area contributed by atoms with Crippen molar-refractivity contribution in [2.75, 3.05) is 0 Å².